The maximum absolute atomic E-state index is 10.2. The number of carboxylic acids is 2. The SMILES string of the molecule is NCC(N)(CC(=O)O)CC(=O)O.NCCN.[Cl-].[Cl-].[Cl-].[Co+3]. The summed E-state index contributed by atoms with van der Waals surface area (Å²) in [5, 5.41) is 16.7. The molecule has 0 atom stereocenters. The fourth-order valence-electron chi connectivity index (χ4n) is 0.809. The van der Waals surface area contributed by atoms with Crippen molar-refractivity contribution in [2.24, 2.45) is 22.9 Å². The zero-order valence-corrected chi connectivity index (χ0v) is 13.8. The Hall–Kier alpha value is 0.156. The minimum Gasteiger partial charge on any atom is -1.00 e. The van der Waals surface area contributed by atoms with Gasteiger partial charge in [0.25, 0.3) is 0 Å². The van der Waals surface area contributed by atoms with Crippen LogP contribution in [0.15, 0.2) is 0 Å². The first-order valence-electron chi connectivity index (χ1n) is 4.64. The maximum atomic E-state index is 10.2. The molecule has 0 spiro atoms. The average molecular weight is 402 g/mol. The summed E-state index contributed by atoms with van der Waals surface area (Å²) in [5.74, 6) is -2.30. The fraction of sp³-hybridized carbons (Fsp3) is 0.750. The van der Waals surface area contributed by atoms with Crippen LogP contribution in [0.1, 0.15) is 12.8 Å². The minimum absolute atomic E-state index is 0. The van der Waals surface area contributed by atoms with E-state index in [1.807, 2.05) is 0 Å². The fourth-order valence-corrected chi connectivity index (χ4v) is 0.809. The van der Waals surface area contributed by atoms with Gasteiger partial charge in [0.1, 0.15) is 0 Å². The summed E-state index contributed by atoms with van der Waals surface area (Å²) in [6.07, 6.45) is -0.869. The Bertz CT molecular complexity index is 222. The summed E-state index contributed by atoms with van der Waals surface area (Å²) in [6.45, 7) is 1.03. The number of aliphatic carboxylic acids is 2. The molecule has 0 bridgehead atoms. The van der Waals surface area contributed by atoms with Gasteiger partial charge in [-0.1, -0.05) is 0 Å². The van der Waals surface area contributed by atoms with Crippen LogP contribution in [-0.2, 0) is 26.4 Å². The molecule has 8 nitrogen and oxygen atoms in total. The van der Waals surface area contributed by atoms with E-state index < -0.39 is 30.3 Å². The molecule has 0 saturated carbocycles. The van der Waals surface area contributed by atoms with E-state index in [-0.39, 0.29) is 60.5 Å². The van der Waals surface area contributed by atoms with Gasteiger partial charge in [0, 0.05) is 25.2 Å². The number of halogens is 3. The van der Waals surface area contributed by atoms with Crippen molar-refractivity contribution in [2.45, 2.75) is 18.4 Å². The van der Waals surface area contributed by atoms with Gasteiger partial charge in [0.2, 0.25) is 0 Å². The van der Waals surface area contributed by atoms with Gasteiger partial charge in [0.15, 0.2) is 0 Å². The molecule has 0 radical (unpaired) electrons. The van der Waals surface area contributed by atoms with Gasteiger partial charge in [-0.05, 0) is 0 Å². The Morgan fingerprint density at radius 3 is 1.20 bits per heavy atom. The number of nitrogens with two attached hydrogens (primary N) is 4. The van der Waals surface area contributed by atoms with E-state index in [2.05, 4.69) is 0 Å². The van der Waals surface area contributed by atoms with Crippen molar-refractivity contribution in [3.05, 3.63) is 0 Å². The van der Waals surface area contributed by atoms with Crippen molar-refractivity contribution in [3.63, 3.8) is 0 Å². The number of hydrogen-bond acceptors (Lipinski definition) is 6. The van der Waals surface area contributed by atoms with Crippen molar-refractivity contribution in [1.29, 1.82) is 0 Å². The molecule has 0 aliphatic rings. The second-order valence-electron chi connectivity index (χ2n) is 3.28. The van der Waals surface area contributed by atoms with E-state index in [4.69, 9.17) is 33.1 Å². The van der Waals surface area contributed by atoms with Crippen LogP contribution < -0.4 is 60.2 Å². The zero-order chi connectivity index (χ0) is 13.2. The van der Waals surface area contributed by atoms with Gasteiger partial charge in [-0.15, -0.1) is 0 Å². The van der Waals surface area contributed by atoms with Crippen LogP contribution in [-0.4, -0.2) is 47.3 Å². The van der Waals surface area contributed by atoms with E-state index in [9.17, 15) is 9.59 Å². The molecule has 0 rings (SSSR count). The largest absolute Gasteiger partial charge is 3.00 e. The molecule has 126 valence electrons. The third kappa shape index (κ3) is 26.7. The number of rotatable bonds is 6. The van der Waals surface area contributed by atoms with E-state index in [1.54, 1.807) is 0 Å². The van der Waals surface area contributed by atoms with Crippen molar-refractivity contribution >= 4 is 11.9 Å². The molecular weight excluding hydrogens is 381 g/mol. The Morgan fingerprint density at radius 2 is 1.10 bits per heavy atom. The molecule has 0 saturated heterocycles. The number of carboxylic acid groups (broad SMARTS) is 2. The third-order valence-corrected chi connectivity index (χ3v) is 1.58. The summed E-state index contributed by atoms with van der Waals surface area (Å²) < 4.78 is 0. The molecule has 0 aromatic rings. The zero-order valence-electron chi connectivity index (χ0n) is 10.5. The Morgan fingerprint density at radius 1 is 0.850 bits per heavy atom. The van der Waals surface area contributed by atoms with Crippen molar-refractivity contribution in [1.82, 2.24) is 0 Å². The van der Waals surface area contributed by atoms with Gasteiger partial charge >= 0.3 is 28.7 Å². The molecule has 0 aliphatic carbocycles. The van der Waals surface area contributed by atoms with Crippen LogP contribution in [0.2, 0.25) is 0 Å². The first-order chi connectivity index (χ1) is 7.31. The molecule has 10 N–H and O–H groups in total. The summed E-state index contributed by atoms with van der Waals surface area (Å²) in [6, 6.07) is 0. The van der Waals surface area contributed by atoms with E-state index >= 15 is 0 Å². The predicted octanol–water partition coefficient (Wildman–Crippen LogP) is -11.5. The summed E-state index contributed by atoms with van der Waals surface area (Å²) >= 11 is 0. The van der Waals surface area contributed by atoms with Crippen LogP contribution in [0.4, 0.5) is 0 Å². The molecule has 0 fully saturated rings. The molecule has 0 aromatic heterocycles. The average Bonchev–Trinajstić information content (AvgIpc) is 2.15. The van der Waals surface area contributed by atoms with Gasteiger partial charge in [-0.3, -0.25) is 9.59 Å². The van der Waals surface area contributed by atoms with Crippen LogP contribution in [0.25, 0.3) is 0 Å². The number of hydrogen-bond donors (Lipinski definition) is 6. The minimum atomic E-state index is -1.34. The Labute approximate surface area is 146 Å². The summed E-state index contributed by atoms with van der Waals surface area (Å²) in [7, 11) is 0. The molecule has 0 aromatic carbocycles. The van der Waals surface area contributed by atoms with Gasteiger partial charge in [0.05, 0.1) is 12.8 Å². The van der Waals surface area contributed by atoms with E-state index in [0.717, 1.165) is 0 Å². The summed E-state index contributed by atoms with van der Waals surface area (Å²) in [5.41, 5.74) is 19.0. The second kappa shape index (κ2) is 21.5. The quantitative estimate of drug-likeness (QED) is 0.254. The molecular formula is C8H20Cl3CoN4O4. The monoisotopic (exact) mass is 400 g/mol. The van der Waals surface area contributed by atoms with Crippen LogP contribution >= 0.6 is 0 Å². The van der Waals surface area contributed by atoms with Gasteiger partial charge < -0.3 is 70.4 Å². The number of carbonyl (C=O) groups is 2. The molecule has 0 amide bonds. The Balaban J connectivity index is -0.0000000547. The van der Waals surface area contributed by atoms with Gasteiger partial charge in [-0.25, -0.2) is 0 Å². The third-order valence-electron chi connectivity index (χ3n) is 1.58. The van der Waals surface area contributed by atoms with Crippen LogP contribution in [0.3, 0.4) is 0 Å². The Kier molecular flexibility index (Phi) is 39.6. The van der Waals surface area contributed by atoms with E-state index in [1.165, 1.54) is 0 Å². The smallest absolute Gasteiger partial charge is 1.00 e. The summed E-state index contributed by atoms with van der Waals surface area (Å²) in [4.78, 5) is 20.5. The second-order valence-corrected chi connectivity index (χ2v) is 3.28. The molecule has 12 heteroatoms. The van der Waals surface area contributed by atoms with E-state index in [0.29, 0.717) is 13.1 Å². The van der Waals surface area contributed by atoms with Crippen molar-refractivity contribution < 1.29 is 73.8 Å². The molecule has 0 aliphatic heterocycles. The topological polar surface area (TPSA) is 179 Å². The van der Waals surface area contributed by atoms with Gasteiger partial charge in [-0.2, -0.15) is 0 Å². The predicted molar refractivity (Wildman–Crippen MR) is 58.6 cm³/mol. The first-order valence-corrected chi connectivity index (χ1v) is 4.64. The van der Waals surface area contributed by atoms with Crippen LogP contribution in [0.5, 0.6) is 0 Å². The first kappa shape index (κ1) is 36.9. The van der Waals surface area contributed by atoms with Crippen molar-refractivity contribution in [2.75, 3.05) is 19.6 Å². The van der Waals surface area contributed by atoms with Crippen LogP contribution in [0, 0.1) is 0 Å². The van der Waals surface area contributed by atoms with Crippen molar-refractivity contribution in [3.8, 4) is 0 Å². The standard InChI is InChI=1S/C6H12N2O4.C2H8N2.3ClH.Co/c7-3-6(8,1-4(9)10)2-5(11)12;3-1-2-4;;;;/h1-3,7-8H2,(H,9,10)(H,11,12);1-4H2;3*1H;/q;;;;;+3/p-3. The molecule has 20 heavy (non-hydrogen) atoms. The maximum Gasteiger partial charge on any atom is 3.00 e. The molecule has 0 unspecified atom stereocenters. The normalized spacial score (nSPS) is 8.20. The molecule has 0 heterocycles.